The molecule has 0 aromatic carbocycles. The number of aromatic nitrogens is 1. The topological polar surface area (TPSA) is 48.8 Å². The van der Waals surface area contributed by atoms with E-state index in [4.69, 9.17) is 4.74 Å². The van der Waals surface area contributed by atoms with Crippen LogP contribution in [-0.2, 0) is 10.9 Å². The van der Waals surface area contributed by atoms with E-state index in [1.165, 1.54) is 6.20 Å². The van der Waals surface area contributed by atoms with Crippen LogP contribution in [0.3, 0.4) is 0 Å². The molecule has 5 nitrogen and oxygen atoms in total. The molecule has 2 aliphatic heterocycles. The monoisotopic (exact) mass is 373 g/mol. The molecule has 1 aromatic heterocycles. The average molecular weight is 373 g/mol. The molecule has 0 spiro atoms. The Labute approximate surface area is 151 Å². The van der Waals surface area contributed by atoms with Crippen LogP contribution in [0.2, 0.25) is 0 Å². The maximum atomic E-state index is 13.0. The number of ether oxygens (including phenoxy) is 1. The number of aliphatic hydroxyl groups excluding tert-OH is 1. The molecule has 0 aliphatic carbocycles. The second kappa shape index (κ2) is 7.70. The maximum absolute atomic E-state index is 13.0. The molecule has 0 bridgehead atoms. The highest BCUT2D eigenvalue weighted by molar-refractivity contribution is 5.43. The summed E-state index contributed by atoms with van der Waals surface area (Å²) >= 11 is 0. The smallest absolute Gasteiger partial charge is 0.396 e. The van der Waals surface area contributed by atoms with Crippen molar-refractivity contribution >= 4 is 5.82 Å². The molecule has 2 fully saturated rings. The molecule has 0 saturated carbocycles. The molecule has 0 amide bonds. The number of nitrogens with zero attached hydrogens (tertiary/aromatic N) is 3. The standard InChI is InChI=1S/C18H26F3N3O2/c1-12-6-23(7-13(2)26-12)8-14-9-24(10-15(14)11-25)17-5-16(3-4-22-17)18(19,20)21/h3-5,12-15,25H,6-11H2,1-2H3/t12-,13+,14-,15-/m1/s1. The number of aliphatic hydroxyl groups is 1. The van der Waals surface area contributed by atoms with E-state index in [0.29, 0.717) is 18.9 Å². The second-order valence-electron chi connectivity index (χ2n) is 7.48. The third-order valence-electron chi connectivity index (χ3n) is 5.20. The van der Waals surface area contributed by atoms with Crippen molar-refractivity contribution in [3.8, 4) is 0 Å². The summed E-state index contributed by atoms with van der Waals surface area (Å²) in [5.74, 6) is 0.540. The summed E-state index contributed by atoms with van der Waals surface area (Å²) in [7, 11) is 0. The van der Waals surface area contributed by atoms with Crippen molar-refractivity contribution in [3.05, 3.63) is 23.9 Å². The van der Waals surface area contributed by atoms with E-state index in [0.717, 1.165) is 31.8 Å². The molecule has 146 valence electrons. The van der Waals surface area contributed by atoms with Crippen LogP contribution in [0.15, 0.2) is 18.3 Å². The average Bonchev–Trinajstić information content (AvgIpc) is 2.96. The molecule has 2 saturated heterocycles. The van der Waals surface area contributed by atoms with Crippen LogP contribution in [0.4, 0.5) is 19.0 Å². The molecule has 4 atom stereocenters. The number of anilines is 1. The van der Waals surface area contributed by atoms with E-state index in [2.05, 4.69) is 9.88 Å². The number of alkyl halides is 3. The van der Waals surface area contributed by atoms with Gasteiger partial charge in [0, 0.05) is 51.4 Å². The van der Waals surface area contributed by atoms with Gasteiger partial charge >= 0.3 is 6.18 Å². The lowest BCUT2D eigenvalue weighted by Crippen LogP contribution is -2.48. The Hall–Kier alpha value is -1.38. The van der Waals surface area contributed by atoms with Crippen molar-refractivity contribution < 1.29 is 23.0 Å². The number of hydrogen-bond acceptors (Lipinski definition) is 5. The summed E-state index contributed by atoms with van der Waals surface area (Å²) in [5.41, 5.74) is -0.692. The van der Waals surface area contributed by atoms with Gasteiger partial charge in [-0.25, -0.2) is 4.98 Å². The van der Waals surface area contributed by atoms with E-state index < -0.39 is 11.7 Å². The third-order valence-corrected chi connectivity index (χ3v) is 5.20. The zero-order valence-electron chi connectivity index (χ0n) is 15.1. The Balaban J connectivity index is 1.69. The van der Waals surface area contributed by atoms with Crippen molar-refractivity contribution in [2.24, 2.45) is 11.8 Å². The SMILES string of the molecule is C[C@@H]1CN(C[C@@H]2CN(c3cc(C(F)(F)F)ccn3)C[C@@H]2CO)C[C@H](C)O1. The van der Waals surface area contributed by atoms with Crippen LogP contribution in [-0.4, -0.2) is 66.5 Å². The first kappa shape index (κ1) is 19.4. The Morgan fingerprint density at radius 3 is 2.42 bits per heavy atom. The van der Waals surface area contributed by atoms with Crippen LogP contribution in [0.25, 0.3) is 0 Å². The van der Waals surface area contributed by atoms with E-state index in [1.807, 2.05) is 18.7 Å². The minimum atomic E-state index is -4.38. The van der Waals surface area contributed by atoms with E-state index in [1.54, 1.807) is 0 Å². The summed E-state index contributed by atoms with van der Waals surface area (Å²) in [6.45, 7) is 7.69. The molecular weight excluding hydrogens is 347 g/mol. The van der Waals surface area contributed by atoms with Gasteiger partial charge in [0.25, 0.3) is 0 Å². The summed E-state index contributed by atoms with van der Waals surface area (Å²) in [4.78, 5) is 8.30. The molecular formula is C18H26F3N3O2. The summed E-state index contributed by atoms with van der Waals surface area (Å²) in [5, 5.41) is 9.75. The fourth-order valence-electron chi connectivity index (χ4n) is 4.07. The molecule has 0 unspecified atom stereocenters. The molecule has 3 heterocycles. The number of hydrogen-bond donors (Lipinski definition) is 1. The van der Waals surface area contributed by atoms with Crippen molar-refractivity contribution in [3.63, 3.8) is 0 Å². The lowest BCUT2D eigenvalue weighted by molar-refractivity contribution is -0.137. The Bertz CT molecular complexity index is 604. The van der Waals surface area contributed by atoms with Gasteiger partial charge in [0.2, 0.25) is 0 Å². The Kier molecular flexibility index (Phi) is 5.74. The van der Waals surface area contributed by atoms with E-state index >= 15 is 0 Å². The highest BCUT2D eigenvalue weighted by Gasteiger charge is 2.37. The van der Waals surface area contributed by atoms with Gasteiger partial charge in [0.1, 0.15) is 5.82 Å². The minimum Gasteiger partial charge on any atom is -0.396 e. The largest absolute Gasteiger partial charge is 0.416 e. The number of pyridine rings is 1. The zero-order valence-corrected chi connectivity index (χ0v) is 15.1. The fourth-order valence-corrected chi connectivity index (χ4v) is 4.07. The highest BCUT2D eigenvalue weighted by atomic mass is 19.4. The van der Waals surface area contributed by atoms with Gasteiger partial charge in [0.15, 0.2) is 0 Å². The predicted octanol–water partition coefficient (Wildman–Crippen LogP) is 2.25. The van der Waals surface area contributed by atoms with Crippen molar-refractivity contribution in [1.82, 2.24) is 9.88 Å². The minimum absolute atomic E-state index is 0.0234. The van der Waals surface area contributed by atoms with Crippen LogP contribution in [0.1, 0.15) is 19.4 Å². The summed E-state index contributed by atoms with van der Waals surface area (Å²) in [6, 6.07) is 2.08. The van der Waals surface area contributed by atoms with Gasteiger partial charge in [-0.3, -0.25) is 4.90 Å². The van der Waals surface area contributed by atoms with E-state index in [9.17, 15) is 18.3 Å². The Morgan fingerprint density at radius 1 is 1.15 bits per heavy atom. The Morgan fingerprint density at radius 2 is 1.81 bits per heavy atom. The van der Waals surface area contributed by atoms with Crippen molar-refractivity contribution in [2.75, 3.05) is 44.2 Å². The number of rotatable bonds is 4. The fraction of sp³-hybridized carbons (Fsp3) is 0.722. The van der Waals surface area contributed by atoms with Crippen LogP contribution in [0, 0.1) is 11.8 Å². The lowest BCUT2D eigenvalue weighted by Gasteiger charge is -2.37. The van der Waals surface area contributed by atoms with Gasteiger partial charge in [-0.2, -0.15) is 13.2 Å². The molecule has 3 rings (SSSR count). The molecule has 1 aromatic rings. The third kappa shape index (κ3) is 4.47. The van der Waals surface area contributed by atoms with Gasteiger partial charge in [-0.1, -0.05) is 0 Å². The van der Waals surface area contributed by atoms with Gasteiger partial charge < -0.3 is 14.7 Å². The lowest BCUT2D eigenvalue weighted by atomic mass is 9.96. The summed E-state index contributed by atoms with van der Waals surface area (Å²) < 4.78 is 44.6. The highest BCUT2D eigenvalue weighted by Crippen LogP contribution is 2.33. The van der Waals surface area contributed by atoms with Gasteiger partial charge in [-0.15, -0.1) is 0 Å². The molecule has 2 aliphatic rings. The van der Waals surface area contributed by atoms with Crippen LogP contribution >= 0.6 is 0 Å². The molecule has 26 heavy (non-hydrogen) atoms. The first-order valence-corrected chi connectivity index (χ1v) is 9.03. The van der Waals surface area contributed by atoms with Gasteiger partial charge in [0.05, 0.1) is 17.8 Å². The van der Waals surface area contributed by atoms with Crippen LogP contribution < -0.4 is 4.90 Å². The zero-order chi connectivity index (χ0) is 18.9. The van der Waals surface area contributed by atoms with Crippen molar-refractivity contribution in [2.45, 2.75) is 32.2 Å². The number of halogens is 3. The molecule has 1 N–H and O–H groups in total. The van der Waals surface area contributed by atoms with E-state index in [-0.39, 0.29) is 30.7 Å². The van der Waals surface area contributed by atoms with Crippen LogP contribution in [0.5, 0.6) is 0 Å². The maximum Gasteiger partial charge on any atom is 0.416 e. The quantitative estimate of drug-likeness (QED) is 0.877. The number of morpholine rings is 1. The normalized spacial score (nSPS) is 30.8. The second-order valence-corrected chi connectivity index (χ2v) is 7.48. The first-order valence-electron chi connectivity index (χ1n) is 9.03. The summed E-state index contributed by atoms with van der Waals surface area (Å²) in [6.07, 6.45) is -2.86. The van der Waals surface area contributed by atoms with Gasteiger partial charge in [-0.05, 0) is 31.9 Å². The molecule has 0 radical (unpaired) electrons. The predicted molar refractivity (Wildman–Crippen MR) is 92.0 cm³/mol. The molecule has 8 heteroatoms. The van der Waals surface area contributed by atoms with Crippen molar-refractivity contribution in [1.29, 1.82) is 0 Å². The first-order chi connectivity index (χ1) is 12.3.